The molecule has 56 heavy (non-hydrogen) atoms. The number of rotatable bonds is 12. The van der Waals surface area contributed by atoms with Gasteiger partial charge < -0.3 is 26.0 Å². The van der Waals surface area contributed by atoms with Crippen LogP contribution in [0.2, 0.25) is 0 Å². The highest BCUT2D eigenvalue weighted by Gasteiger charge is 2.46. The summed E-state index contributed by atoms with van der Waals surface area (Å²) in [4.78, 5) is 72.6. The molecule has 0 bridgehead atoms. The number of nitrogens with one attached hydrogen (secondary N) is 4. The number of aliphatic hydroxyl groups excluding tert-OH is 1. The number of aromatic nitrogens is 3. The summed E-state index contributed by atoms with van der Waals surface area (Å²) in [7, 11) is 0. The molecule has 5 N–H and O–H groups in total. The van der Waals surface area contributed by atoms with Gasteiger partial charge in [0.2, 0.25) is 11.8 Å². The lowest BCUT2D eigenvalue weighted by Gasteiger charge is -2.34. The summed E-state index contributed by atoms with van der Waals surface area (Å²) in [5.74, 6) is -2.12. The first kappa shape index (κ1) is 38.3. The van der Waals surface area contributed by atoms with Gasteiger partial charge in [-0.15, -0.1) is 0 Å². The lowest BCUT2D eigenvalue weighted by molar-refractivity contribution is -0.136. The molecular weight excluding hydrogens is 723 g/mol. The van der Waals surface area contributed by atoms with Crippen molar-refractivity contribution in [1.82, 2.24) is 34.6 Å². The molecule has 2 saturated heterocycles. The number of aliphatic hydroxyl groups is 1. The van der Waals surface area contributed by atoms with Crippen molar-refractivity contribution in [1.29, 1.82) is 0 Å². The zero-order valence-electron chi connectivity index (χ0n) is 31.5. The van der Waals surface area contributed by atoms with Crippen molar-refractivity contribution in [3.63, 3.8) is 0 Å². The molecule has 2 fully saturated rings. The van der Waals surface area contributed by atoms with Crippen molar-refractivity contribution in [3.05, 3.63) is 82.3 Å². The van der Waals surface area contributed by atoms with Gasteiger partial charge in [0.25, 0.3) is 11.8 Å². The van der Waals surface area contributed by atoms with Crippen LogP contribution in [0.15, 0.2) is 48.7 Å². The molecule has 4 aromatic rings. The lowest BCUT2D eigenvalue weighted by Crippen LogP contribution is -2.54. The molecule has 2 aromatic heterocycles. The zero-order valence-corrected chi connectivity index (χ0v) is 31.5. The van der Waals surface area contributed by atoms with E-state index in [1.54, 1.807) is 9.42 Å². The summed E-state index contributed by atoms with van der Waals surface area (Å²) < 4.78 is 17.0. The number of benzene rings is 2. The maximum Gasteiger partial charge on any atom is 0.321 e. The molecule has 0 saturated carbocycles. The zero-order chi connectivity index (χ0) is 39.7. The Balaban J connectivity index is 0.922. The number of imide groups is 2. The molecule has 17 heteroatoms. The number of carbonyl (C=O) groups is 5. The number of fused-ring (bicyclic) bond motifs is 2. The van der Waals surface area contributed by atoms with Crippen molar-refractivity contribution in [3.8, 4) is 0 Å². The first-order valence-corrected chi connectivity index (χ1v) is 18.8. The lowest BCUT2D eigenvalue weighted by atomic mass is 10.0. The predicted molar refractivity (Wildman–Crippen MR) is 205 cm³/mol. The third kappa shape index (κ3) is 7.77. The van der Waals surface area contributed by atoms with Crippen LogP contribution < -0.4 is 21.3 Å². The van der Waals surface area contributed by atoms with Crippen LogP contribution in [0.3, 0.4) is 0 Å². The molecule has 3 aliphatic heterocycles. The number of amides is 6. The van der Waals surface area contributed by atoms with Gasteiger partial charge in [-0.25, -0.2) is 14.2 Å². The van der Waals surface area contributed by atoms with E-state index in [-0.39, 0.29) is 48.6 Å². The Morgan fingerprint density at radius 2 is 1.77 bits per heavy atom. The van der Waals surface area contributed by atoms with Crippen molar-refractivity contribution in [2.24, 2.45) is 0 Å². The van der Waals surface area contributed by atoms with Crippen molar-refractivity contribution in [2.75, 3.05) is 48.7 Å². The Morgan fingerprint density at radius 1 is 1.02 bits per heavy atom. The van der Waals surface area contributed by atoms with Gasteiger partial charge in [-0.2, -0.15) is 9.61 Å². The average Bonchev–Trinajstić information content (AvgIpc) is 3.72. The Morgan fingerprint density at radius 3 is 2.45 bits per heavy atom. The normalized spacial score (nSPS) is 18.1. The molecule has 6 amide bonds. The van der Waals surface area contributed by atoms with Crippen LogP contribution in [0.4, 0.5) is 26.5 Å². The monoisotopic (exact) mass is 768 g/mol. The topological polar surface area (TPSA) is 194 Å². The van der Waals surface area contributed by atoms with Crippen LogP contribution in [0, 0.1) is 5.82 Å². The Kier molecular flexibility index (Phi) is 11.0. The first-order chi connectivity index (χ1) is 26.9. The van der Waals surface area contributed by atoms with Crippen LogP contribution >= 0.6 is 0 Å². The third-order valence-corrected chi connectivity index (χ3v) is 10.5. The number of hydrogen-bond donors (Lipinski definition) is 5. The number of urea groups is 1. The smallest absolute Gasteiger partial charge is 0.321 e. The van der Waals surface area contributed by atoms with Gasteiger partial charge in [0.1, 0.15) is 23.5 Å². The van der Waals surface area contributed by atoms with Gasteiger partial charge in [-0.3, -0.25) is 34.3 Å². The van der Waals surface area contributed by atoms with Crippen LogP contribution in [0.1, 0.15) is 83.4 Å². The Bertz CT molecular complexity index is 2180. The SMILES string of the molecule is CCC(CO)Nc1cc(NCc2ccc(NC(=O)N3CCN(Cc4cc(F)c5c(c4)C(=O)N(C4CCC(=O)NC4=O)C5=O)CC3)cc2)n2ncc(C(C)C)c2n1. The molecule has 0 aliphatic carbocycles. The highest BCUT2D eigenvalue weighted by atomic mass is 19.1. The minimum atomic E-state index is -1.17. The number of hydrogen-bond acceptors (Lipinski definition) is 11. The molecule has 0 spiro atoms. The second-order valence-electron chi connectivity index (χ2n) is 14.6. The van der Waals surface area contributed by atoms with Gasteiger partial charge >= 0.3 is 6.03 Å². The highest BCUT2D eigenvalue weighted by Crippen LogP contribution is 2.31. The molecule has 5 heterocycles. The van der Waals surface area contributed by atoms with Crippen LogP contribution in [0.5, 0.6) is 0 Å². The van der Waals surface area contributed by atoms with E-state index in [0.717, 1.165) is 33.9 Å². The third-order valence-electron chi connectivity index (χ3n) is 10.5. The van der Waals surface area contributed by atoms with Crippen molar-refractivity contribution >= 4 is 52.6 Å². The van der Waals surface area contributed by atoms with Gasteiger partial charge in [0, 0.05) is 63.0 Å². The maximum absolute atomic E-state index is 15.3. The van der Waals surface area contributed by atoms with Gasteiger partial charge in [0.15, 0.2) is 5.65 Å². The second kappa shape index (κ2) is 16.0. The van der Waals surface area contributed by atoms with E-state index in [2.05, 4.69) is 40.2 Å². The summed E-state index contributed by atoms with van der Waals surface area (Å²) in [6.45, 7) is 8.79. The summed E-state index contributed by atoms with van der Waals surface area (Å²) in [6, 6.07) is 10.6. The summed E-state index contributed by atoms with van der Waals surface area (Å²) >= 11 is 0. The van der Waals surface area contributed by atoms with Crippen LogP contribution in [-0.4, -0.2) is 109 Å². The molecule has 3 aliphatic rings. The molecule has 2 atom stereocenters. The van der Waals surface area contributed by atoms with Crippen molar-refractivity contribution < 1.29 is 33.5 Å². The predicted octanol–water partition coefficient (Wildman–Crippen LogP) is 3.54. The number of piperazine rings is 1. The van der Waals surface area contributed by atoms with Crippen molar-refractivity contribution in [2.45, 2.75) is 71.1 Å². The minimum absolute atomic E-state index is 0.00828. The van der Waals surface area contributed by atoms with E-state index in [9.17, 15) is 29.1 Å². The molecule has 294 valence electrons. The molecule has 0 radical (unpaired) electrons. The van der Waals surface area contributed by atoms with E-state index < -0.39 is 35.5 Å². The fraction of sp³-hybridized carbons (Fsp3) is 0.410. The summed E-state index contributed by atoms with van der Waals surface area (Å²) in [5, 5.41) is 26.2. The molecule has 2 aromatic carbocycles. The highest BCUT2D eigenvalue weighted by molar-refractivity contribution is 6.23. The number of piperidine rings is 1. The summed E-state index contributed by atoms with van der Waals surface area (Å²) in [5.41, 5.74) is 3.39. The van der Waals surface area contributed by atoms with Gasteiger partial charge in [-0.1, -0.05) is 32.9 Å². The van der Waals surface area contributed by atoms with E-state index in [0.29, 0.717) is 56.3 Å². The van der Waals surface area contributed by atoms with Gasteiger partial charge in [-0.05, 0) is 54.2 Å². The second-order valence-corrected chi connectivity index (χ2v) is 14.6. The number of halogens is 1. The van der Waals surface area contributed by atoms with E-state index >= 15 is 4.39 Å². The molecular formula is C39H45FN10O6. The standard InChI is InChI=1S/C39H45FN10O6/c1-4-25(21-51)43-31-17-32(50-35(45-31)28(19-42-50)22(2)3)41-18-23-5-7-26(8-6-23)44-39(56)48-13-11-47(12-14-48)20-24-15-27-34(29(40)16-24)38(55)49(37(27)54)30-9-10-33(52)46-36(30)53/h5-8,15-17,19,22,25,30,41,51H,4,9-14,18,20-21H2,1-3H3,(H,43,45)(H,44,56)(H,46,52,53). The fourth-order valence-corrected chi connectivity index (χ4v) is 7.24. The minimum Gasteiger partial charge on any atom is -0.394 e. The first-order valence-electron chi connectivity index (χ1n) is 18.8. The van der Waals surface area contributed by atoms with Crippen LogP contribution in [-0.2, 0) is 22.7 Å². The van der Waals surface area contributed by atoms with Gasteiger partial charge in [0.05, 0.1) is 30.0 Å². The van der Waals surface area contributed by atoms with E-state index in [4.69, 9.17) is 4.98 Å². The number of nitrogens with zero attached hydrogens (tertiary/aromatic N) is 6. The number of carbonyl (C=O) groups excluding carboxylic acids is 5. The molecule has 7 rings (SSSR count). The Labute approximate surface area is 322 Å². The van der Waals surface area contributed by atoms with E-state index in [1.165, 1.54) is 12.1 Å². The number of anilines is 3. The van der Waals surface area contributed by atoms with Crippen LogP contribution in [0.25, 0.3) is 5.65 Å². The Hall–Kier alpha value is -5.94. The fourth-order valence-electron chi connectivity index (χ4n) is 7.24. The largest absolute Gasteiger partial charge is 0.394 e. The van der Waals surface area contributed by atoms with E-state index in [1.807, 2.05) is 48.4 Å². The maximum atomic E-state index is 15.3. The quantitative estimate of drug-likeness (QED) is 0.133. The average molecular weight is 769 g/mol. The molecule has 2 unspecified atom stereocenters. The summed E-state index contributed by atoms with van der Waals surface area (Å²) in [6.07, 6.45) is 2.53. The molecule has 16 nitrogen and oxygen atoms in total.